The number of rotatable bonds is 9. The van der Waals surface area contributed by atoms with Gasteiger partial charge in [-0.3, -0.25) is 4.99 Å². The van der Waals surface area contributed by atoms with Crippen molar-refractivity contribution in [2.75, 3.05) is 51.6 Å². The maximum atomic E-state index is 12.5. The zero-order valence-electron chi connectivity index (χ0n) is 17.3. The average molecular weight is 432 g/mol. The second-order valence-corrected chi connectivity index (χ2v) is 10.1. The van der Waals surface area contributed by atoms with Gasteiger partial charge in [-0.1, -0.05) is 0 Å². The Bertz CT molecular complexity index is 725. The number of thiazole rings is 1. The largest absolute Gasteiger partial charge is 0.378 e. The van der Waals surface area contributed by atoms with E-state index < -0.39 is 10.0 Å². The number of nitrogens with one attached hydrogen (secondary N) is 1. The molecule has 10 heteroatoms. The normalized spacial score (nSPS) is 16.8. The number of aromatic nitrogens is 1. The molecule has 160 valence electrons. The fourth-order valence-electron chi connectivity index (χ4n) is 2.92. The summed E-state index contributed by atoms with van der Waals surface area (Å²) in [6, 6.07) is 0. The zero-order valence-corrected chi connectivity index (χ0v) is 19.0. The van der Waals surface area contributed by atoms with Gasteiger partial charge in [-0.25, -0.2) is 13.4 Å². The number of piperazine rings is 1. The van der Waals surface area contributed by atoms with Gasteiger partial charge in [-0.15, -0.1) is 11.3 Å². The highest BCUT2D eigenvalue weighted by Crippen LogP contribution is 2.10. The van der Waals surface area contributed by atoms with Crippen LogP contribution in [0.3, 0.4) is 0 Å². The summed E-state index contributed by atoms with van der Waals surface area (Å²) in [4.78, 5) is 11.3. The summed E-state index contributed by atoms with van der Waals surface area (Å²) in [5, 5.41) is 6.46. The number of ether oxygens (including phenoxy) is 1. The summed E-state index contributed by atoms with van der Waals surface area (Å²) in [6.45, 7) is 11.7. The molecule has 0 unspecified atom stereocenters. The van der Waals surface area contributed by atoms with E-state index in [1.54, 1.807) is 15.6 Å². The van der Waals surface area contributed by atoms with Gasteiger partial charge < -0.3 is 15.0 Å². The summed E-state index contributed by atoms with van der Waals surface area (Å²) in [5.74, 6) is 0.876. The summed E-state index contributed by atoms with van der Waals surface area (Å²) < 4.78 is 31.9. The fourth-order valence-corrected chi connectivity index (χ4v) is 4.85. The van der Waals surface area contributed by atoms with Crippen molar-refractivity contribution < 1.29 is 13.2 Å². The monoisotopic (exact) mass is 431 g/mol. The van der Waals surface area contributed by atoms with Crippen LogP contribution in [-0.4, -0.2) is 86.3 Å². The van der Waals surface area contributed by atoms with Gasteiger partial charge in [0, 0.05) is 51.1 Å². The number of guanidine groups is 1. The van der Waals surface area contributed by atoms with E-state index in [0.29, 0.717) is 32.7 Å². The molecule has 2 heterocycles. The van der Waals surface area contributed by atoms with Crippen molar-refractivity contribution in [1.82, 2.24) is 19.5 Å². The number of sulfonamides is 1. The highest BCUT2D eigenvalue weighted by molar-refractivity contribution is 7.89. The molecule has 0 aromatic carbocycles. The van der Waals surface area contributed by atoms with Gasteiger partial charge in [-0.05, 0) is 27.7 Å². The minimum Gasteiger partial charge on any atom is -0.378 e. The van der Waals surface area contributed by atoms with Crippen molar-refractivity contribution in [3.8, 4) is 0 Å². The first-order chi connectivity index (χ1) is 13.3. The third-order valence-electron chi connectivity index (χ3n) is 4.36. The molecule has 8 nitrogen and oxygen atoms in total. The number of aryl methyl sites for hydroxylation is 1. The predicted octanol–water partition coefficient (Wildman–Crippen LogP) is 1.33. The quantitative estimate of drug-likeness (QED) is 0.469. The molecule has 1 aliphatic rings. The van der Waals surface area contributed by atoms with E-state index >= 15 is 0 Å². The number of hydrogen-bond acceptors (Lipinski definition) is 6. The molecule has 1 aliphatic heterocycles. The van der Waals surface area contributed by atoms with Crippen LogP contribution in [-0.2, 0) is 21.2 Å². The maximum absolute atomic E-state index is 12.5. The molecule has 0 aliphatic carbocycles. The van der Waals surface area contributed by atoms with Gasteiger partial charge in [0.25, 0.3) is 0 Å². The van der Waals surface area contributed by atoms with E-state index in [-0.39, 0.29) is 18.5 Å². The standard InChI is InChI=1S/C18H33N5O3S2/c1-5-19-18(20-7-6-17-14-27-16(4)21-17)22-8-10-23(11-9-22)28(24,25)13-12-26-15(2)3/h14-15H,5-13H2,1-4H3,(H,19,20). The minimum absolute atomic E-state index is 0.0341. The molecule has 2 rings (SSSR count). The Morgan fingerprint density at radius 1 is 1.36 bits per heavy atom. The van der Waals surface area contributed by atoms with Crippen LogP contribution in [0.5, 0.6) is 0 Å². The molecule has 0 spiro atoms. The number of nitrogens with zero attached hydrogens (tertiary/aromatic N) is 4. The molecule has 28 heavy (non-hydrogen) atoms. The van der Waals surface area contributed by atoms with Crippen molar-refractivity contribution in [1.29, 1.82) is 0 Å². The lowest BCUT2D eigenvalue weighted by atomic mass is 10.3. The lowest BCUT2D eigenvalue weighted by Gasteiger charge is -2.35. The summed E-state index contributed by atoms with van der Waals surface area (Å²) in [7, 11) is -3.28. The number of hydrogen-bond donors (Lipinski definition) is 1. The first kappa shape index (κ1) is 23.1. The maximum Gasteiger partial charge on any atom is 0.216 e. The highest BCUT2D eigenvalue weighted by Gasteiger charge is 2.28. The highest BCUT2D eigenvalue weighted by atomic mass is 32.2. The van der Waals surface area contributed by atoms with Crippen LogP contribution in [0.4, 0.5) is 0 Å². The van der Waals surface area contributed by atoms with Crippen molar-refractivity contribution >= 4 is 27.3 Å². The summed E-state index contributed by atoms with van der Waals surface area (Å²) in [6.07, 6.45) is 0.850. The molecule has 0 atom stereocenters. The predicted molar refractivity (Wildman–Crippen MR) is 115 cm³/mol. The molecule has 1 N–H and O–H groups in total. The van der Waals surface area contributed by atoms with Crippen LogP contribution in [0.2, 0.25) is 0 Å². The molecule has 0 amide bonds. The average Bonchev–Trinajstić information content (AvgIpc) is 3.06. The first-order valence-electron chi connectivity index (χ1n) is 9.85. The van der Waals surface area contributed by atoms with Crippen LogP contribution in [0.15, 0.2) is 10.4 Å². The second-order valence-electron chi connectivity index (χ2n) is 6.97. The van der Waals surface area contributed by atoms with Crippen LogP contribution in [0, 0.1) is 6.92 Å². The van der Waals surface area contributed by atoms with E-state index in [1.165, 1.54) is 0 Å². The summed E-state index contributed by atoms with van der Waals surface area (Å²) in [5.41, 5.74) is 1.07. The van der Waals surface area contributed by atoms with E-state index in [2.05, 4.69) is 20.6 Å². The molecular weight excluding hydrogens is 398 g/mol. The number of aliphatic imine (C=N–C) groups is 1. The van der Waals surface area contributed by atoms with E-state index in [0.717, 1.165) is 29.6 Å². The lowest BCUT2D eigenvalue weighted by Crippen LogP contribution is -2.54. The molecule has 0 radical (unpaired) electrons. The van der Waals surface area contributed by atoms with Gasteiger partial charge >= 0.3 is 0 Å². The van der Waals surface area contributed by atoms with Gasteiger partial charge in [-0.2, -0.15) is 4.31 Å². The third kappa shape index (κ3) is 7.31. The Balaban J connectivity index is 1.86. The molecule has 1 aromatic rings. The van der Waals surface area contributed by atoms with Crippen molar-refractivity contribution in [2.45, 2.75) is 40.2 Å². The van der Waals surface area contributed by atoms with E-state index in [1.807, 2.05) is 27.7 Å². The van der Waals surface area contributed by atoms with Crippen molar-refractivity contribution in [3.05, 3.63) is 16.1 Å². The van der Waals surface area contributed by atoms with Crippen LogP contribution in [0.1, 0.15) is 31.5 Å². The SMILES string of the molecule is CCNC(=NCCc1csc(C)n1)N1CCN(S(=O)(=O)CCOC(C)C)CC1. The first-order valence-corrected chi connectivity index (χ1v) is 12.3. The smallest absolute Gasteiger partial charge is 0.216 e. The molecule has 0 bridgehead atoms. The van der Waals surface area contributed by atoms with Crippen molar-refractivity contribution in [3.63, 3.8) is 0 Å². The third-order valence-corrected chi connectivity index (χ3v) is 7.01. The zero-order chi connectivity index (χ0) is 20.6. The van der Waals surface area contributed by atoms with Crippen LogP contribution in [0.25, 0.3) is 0 Å². The molecule has 1 fully saturated rings. The second kappa shape index (κ2) is 11.1. The van der Waals surface area contributed by atoms with E-state index in [9.17, 15) is 8.42 Å². The lowest BCUT2D eigenvalue weighted by molar-refractivity contribution is 0.0904. The van der Waals surface area contributed by atoms with Crippen molar-refractivity contribution in [2.24, 2.45) is 4.99 Å². The molecule has 1 aromatic heterocycles. The molecular formula is C18H33N5O3S2. The topological polar surface area (TPSA) is 87.1 Å². The van der Waals surface area contributed by atoms with E-state index in [4.69, 9.17) is 9.73 Å². The Morgan fingerprint density at radius 2 is 2.07 bits per heavy atom. The Morgan fingerprint density at radius 3 is 2.64 bits per heavy atom. The van der Waals surface area contributed by atoms with Gasteiger partial charge in [0.1, 0.15) is 0 Å². The minimum atomic E-state index is -3.28. The fraction of sp³-hybridized carbons (Fsp3) is 0.778. The van der Waals surface area contributed by atoms with Gasteiger partial charge in [0.05, 0.1) is 29.2 Å². The molecule has 1 saturated heterocycles. The Hall–Kier alpha value is -1.23. The Kier molecular flexibility index (Phi) is 9.13. The summed E-state index contributed by atoms with van der Waals surface area (Å²) >= 11 is 1.65. The van der Waals surface area contributed by atoms with Crippen LogP contribution >= 0.6 is 11.3 Å². The van der Waals surface area contributed by atoms with Crippen LogP contribution < -0.4 is 5.32 Å². The van der Waals surface area contributed by atoms with Gasteiger partial charge in [0.2, 0.25) is 10.0 Å². The Labute approximate surface area is 173 Å². The van der Waals surface area contributed by atoms with Gasteiger partial charge in [0.15, 0.2) is 5.96 Å². The molecule has 0 saturated carbocycles.